The predicted octanol–water partition coefficient (Wildman–Crippen LogP) is 1.12. The van der Waals surface area contributed by atoms with Crippen LogP contribution in [0, 0.1) is 0 Å². The topological polar surface area (TPSA) is 53.5 Å². The second-order valence-corrected chi connectivity index (χ2v) is 5.64. The van der Waals surface area contributed by atoms with E-state index in [0.717, 1.165) is 10.7 Å². The Morgan fingerprint density at radius 3 is 2.47 bits per heavy atom. The van der Waals surface area contributed by atoms with Gasteiger partial charge in [-0.25, -0.2) is 4.98 Å². The first kappa shape index (κ1) is 14.3. The molecule has 0 atom stereocenters. The third-order valence-electron chi connectivity index (χ3n) is 3.12. The molecule has 2 amide bonds. The second kappa shape index (κ2) is 6.34. The normalized spacial score (nSPS) is 15.7. The molecule has 1 saturated heterocycles. The van der Waals surface area contributed by atoms with E-state index in [4.69, 9.17) is 11.6 Å². The summed E-state index contributed by atoms with van der Waals surface area (Å²) in [5.74, 6) is 0.513. The van der Waals surface area contributed by atoms with Crippen LogP contribution in [0.3, 0.4) is 0 Å². The molecule has 1 aliphatic heterocycles. The molecular formula is C12H16ClN3O2S. The number of aromatic nitrogens is 1. The van der Waals surface area contributed by atoms with E-state index < -0.39 is 0 Å². The molecule has 1 aliphatic rings. The first-order valence-electron chi connectivity index (χ1n) is 6.12. The van der Waals surface area contributed by atoms with Crippen LogP contribution in [0.25, 0.3) is 0 Å². The van der Waals surface area contributed by atoms with Crippen molar-refractivity contribution in [2.45, 2.75) is 19.2 Å². The summed E-state index contributed by atoms with van der Waals surface area (Å²) in [6.07, 6.45) is 0.321. The van der Waals surface area contributed by atoms with Gasteiger partial charge in [-0.05, 0) is 0 Å². The molecular weight excluding hydrogens is 286 g/mol. The van der Waals surface area contributed by atoms with Gasteiger partial charge in [0.05, 0.1) is 18.0 Å². The molecule has 7 heteroatoms. The zero-order valence-electron chi connectivity index (χ0n) is 10.8. The number of rotatable bonds is 3. The van der Waals surface area contributed by atoms with Crippen molar-refractivity contribution in [3.05, 3.63) is 16.1 Å². The van der Waals surface area contributed by atoms with Crippen LogP contribution < -0.4 is 0 Å². The maximum atomic E-state index is 12.1. The molecule has 5 nitrogen and oxygen atoms in total. The van der Waals surface area contributed by atoms with Crippen molar-refractivity contribution in [3.63, 3.8) is 0 Å². The highest BCUT2D eigenvalue weighted by Crippen LogP contribution is 2.14. The van der Waals surface area contributed by atoms with Crippen molar-refractivity contribution in [1.29, 1.82) is 0 Å². The standard InChI is InChI=1S/C12H16ClN3O2S/c1-9(17)15-2-4-16(5-3-15)12(18)6-11-14-10(7-13)8-19-11/h8H,2-7H2,1H3. The first-order valence-corrected chi connectivity index (χ1v) is 7.54. The first-order chi connectivity index (χ1) is 9.10. The molecule has 0 aromatic carbocycles. The van der Waals surface area contributed by atoms with Gasteiger partial charge < -0.3 is 9.80 Å². The zero-order valence-corrected chi connectivity index (χ0v) is 12.3. The van der Waals surface area contributed by atoms with Crippen LogP contribution in [0.1, 0.15) is 17.6 Å². The highest BCUT2D eigenvalue weighted by atomic mass is 35.5. The molecule has 104 valence electrons. The molecule has 0 unspecified atom stereocenters. The summed E-state index contributed by atoms with van der Waals surface area (Å²) in [6.45, 7) is 4.00. The minimum Gasteiger partial charge on any atom is -0.339 e. The molecule has 0 spiro atoms. The number of nitrogens with zero attached hydrogens (tertiary/aromatic N) is 3. The number of carbonyl (C=O) groups is 2. The Kier molecular flexibility index (Phi) is 4.76. The van der Waals surface area contributed by atoms with Gasteiger partial charge in [-0.15, -0.1) is 22.9 Å². The van der Waals surface area contributed by atoms with E-state index in [1.165, 1.54) is 11.3 Å². The lowest BCUT2D eigenvalue weighted by Crippen LogP contribution is -2.50. The van der Waals surface area contributed by atoms with E-state index in [2.05, 4.69) is 4.98 Å². The number of alkyl halides is 1. The van der Waals surface area contributed by atoms with Gasteiger partial charge in [0.2, 0.25) is 11.8 Å². The second-order valence-electron chi connectivity index (χ2n) is 4.43. The lowest BCUT2D eigenvalue weighted by atomic mass is 10.3. The largest absolute Gasteiger partial charge is 0.339 e. The van der Waals surface area contributed by atoms with E-state index in [9.17, 15) is 9.59 Å². The Morgan fingerprint density at radius 1 is 1.32 bits per heavy atom. The number of hydrogen-bond donors (Lipinski definition) is 0. The molecule has 0 radical (unpaired) electrons. The van der Waals surface area contributed by atoms with Gasteiger partial charge in [0.25, 0.3) is 0 Å². The number of halogens is 1. The van der Waals surface area contributed by atoms with Crippen molar-refractivity contribution >= 4 is 34.8 Å². The highest BCUT2D eigenvalue weighted by molar-refractivity contribution is 7.09. The predicted molar refractivity (Wildman–Crippen MR) is 74.2 cm³/mol. The quantitative estimate of drug-likeness (QED) is 0.786. The Balaban J connectivity index is 1.86. The molecule has 2 heterocycles. The summed E-state index contributed by atoms with van der Waals surface area (Å²) in [7, 11) is 0. The summed E-state index contributed by atoms with van der Waals surface area (Å²) in [5.41, 5.74) is 0.816. The van der Waals surface area contributed by atoms with Gasteiger partial charge in [-0.3, -0.25) is 9.59 Å². The Morgan fingerprint density at radius 2 is 1.95 bits per heavy atom. The van der Waals surface area contributed by atoms with Gasteiger partial charge in [0.1, 0.15) is 5.01 Å². The van der Waals surface area contributed by atoms with Crippen LogP contribution in [0.2, 0.25) is 0 Å². The van der Waals surface area contributed by atoms with Crippen LogP contribution >= 0.6 is 22.9 Å². The van der Waals surface area contributed by atoms with Crippen LogP contribution in [0.4, 0.5) is 0 Å². The molecule has 1 fully saturated rings. The Labute approximate surface area is 121 Å². The van der Waals surface area contributed by atoms with Crippen molar-refractivity contribution in [2.75, 3.05) is 26.2 Å². The molecule has 1 aromatic rings. The monoisotopic (exact) mass is 301 g/mol. The third kappa shape index (κ3) is 3.67. The minimum atomic E-state index is 0.0682. The maximum Gasteiger partial charge on any atom is 0.229 e. The fourth-order valence-corrected chi connectivity index (χ4v) is 3.02. The van der Waals surface area contributed by atoms with Crippen molar-refractivity contribution < 1.29 is 9.59 Å². The van der Waals surface area contributed by atoms with Crippen LogP contribution in [0.5, 0.6) is 0 Å². The van der Waals surface area contributed by atoms with E-state index in [1.807, 2.05) is 5.38 Å². The van der Waals surface area contributed by atoms with E-state index >= 15 is 0 Å². The molecule has 0 bridgehead atoms. The molecule has 0 saturated carbocycles. The van der Waals surface area contributed by atoms with Crippen molar-refractivity contribution in [1.82, 2.24) is 14.8 Å². The van der Waals surface area contributed by atoms with E-state index in [-0.39, 0.29) is 11.8 Å². The average Bonchev–Trinajstić information content (AvgIpc) is 2.86. The highest BCUT2D eigenvalue weighted by Gasteiger charge is 2.22. The SMILES string of the molecule is CC(=O)N1CCN(C(=O)Cc2nc(CCl)cs2)CC1. The lowest BCUT2D eigenvalue weighted by Gasteiger charge is -2.34. The number of carbonyl (C=O) groups excluding carboxylic acids is 2. The summed E-state index contributed by atoms with van der Waals surface area (Å²) >= 11 is 7.15. The summed E-state index contributed by atoms with van der Waals surface area (Å²) in [6, 6.07) is 0. The van der Waals surface area contributed by atoms with Gasteiger partial charge in [0.15, 0.2) is 0 Å². The summed E-state index contributed by atoms with van der Waals surface area (Å²) in [4.78, 5) is 31.1. The minimum absolute atomic E-state index is 0.0682. The molecule has 1 aromatic heterocycles. The molecule has 19 heavy (non-hydrogen) atoms. The number of hydrogen-bond acceptors (Lipinski definition) is 4. The number of amides is 2. The zero-order chi connectivity index (χ0) is 13.8. The van der Waals surface area contributed by atoms with Gasteiger partial charge >= 0.3 is 0 Å². The number of thiazole rings is 1. The average molecular weight is 302 g/mol. The maximum absolute atomic E-state index is 12.1. The summed E-state index contributed by atoms with van der Waals surface area (Å²) in [5, 5.41) is 2.68. The fraction of sp³-hybridized carbons (Fsp3) is 0.583. The third-order valence-corrected chi connectivity index (χ3v) is 4.29. The van der Waals surface area contributed by atoms with Gasteiger partial charge in [-0.2, -0.15) is 0 Å². The molecule has 2 rings (SSSR count). The summed E-state index contributed by atoms with van der Waals surface area (Å²) < 4.78 is 0. The van der Waals surface area contributed by atoms with Crippen LogP contribution in [0.15, 0.2) is 5.38 Å². The van der Waals surface area contributed by atoms with Crippen molar-refractivity contribution in [2.24, 2.45) is 0 Å². The number of piperazine rings is 1. The van der Waals surface area contributed by atoms with Crippen LogP contribution in [-0.4, -0.2) is 52.8 Å². The van der Waals surface area contributed by atoms with Gasteiger partial charge in [0, 0.05) is 38.5 Å². The lowest BCUT2D eigenvalue weighted by molar-refractivity contribution is -0.138. The van der Waals surface area contributed by atoms with E-state index in [0.29, 0.717) is 38.5 Å². The smallest absolute Gasteiger partial charge is 0.229 e. The van der Waals surface area contributed by atoms with Gasteiger partial charge in [-0.1, -0.05) is 0 Å². The van der Waals surface area contributed by atoms with Crippen molar-refractivity contribution in [3.8, 4) is 0 Å². The fourth-order valence-electron chi connectivity index (χ4n) is 2.00. The Hall–Kier alpha value is -1.14. The van der Waals surface area contributed by atoms with E-state index in [1.54, 1.807) is 16.7 Å². The molecule has 0 aliphatic carbocycles. The Bertz CT molecular complexity index is 469. The molecule has 0 N–H and O–H groups in total. The van der Waals surface area contributed by atoms with Crippen LogP contribution in [-0.2, 0) is 21.9 Å².